The lowest BCUT2D eigenvalue weighted by molar-refractivity contribution is -0.144. The van der Waals surface area contributed by atoms with Crippen molar-refractivity contribution >= 4 is 69.0 Å². The molecule has 0 saturated carbocycles. The van der Waals surface area contributed by atoms with Gasteiger partial charge in [-0.05, 0) is 67.6 Å². The number of aliphatic hydroxyl groups excluding tert-OH is 1. The molecule has 0 spiro atoms. The van der Waals surface area contributed by atoms with E-state index in [1.165, 1.54) is 14.8 Å². The normalized spacial score (nSPS) is 23.4. The lowest BCUT2D eigenvalue weighted by Gasteiger charge is -2.35. The Morgan fingerprint density at radius 3 is 2.04 bits per heavy atom. The molecule has 8 N–H and O–H groups in total. The van der Waals surface area contributed by atoms with Crippen molar-refractivity contribution in [2.24, 2.45) is 11.3 Å². The monoisotopic (exact) mass is 1140 g/mol. The molecule has 6 amide bonds. The van der Waals surface area contributed by atoms with Crippen LogP contribution in [0.25, 0.3) is 0 Å². The van der Waals surface area contributed by atoms with E-state index in [-0.39, 0.29) is 73.0 Å². The Morgan fingerprint density at radius 1 is 0.769 bits per heavy atom. The topological polar surface area (TPSA) is 247 Å². The van der Waals surface area contributed by atoms with Gasteiger partial charge in [0, 0.05) is 80.9 Å². The van der Waals surface area contributed by atoms with E-state index in [9.17, 15) is 42.3 Å². The highest BCUT2D eigenvalue weighted by Crippen LogP contribution is 2.36. The molecule has 434 valence electrons. The van der Waals surface area contributed by atoms with Gasteiger partial charge >= 0.3 is 0 Å². The number of rotatable bonds is 30. The highest BCUT2D eigenvalue weighted by Gasteiger charge is 2.44. The second-order valence-corrected chi connectivity index (χ2v) is 27.1. The van der Waals surface area contributed by atoms with Crippen LogP contribution in [0.5, 0.6) is 0 Å². The average molecular weight is 1140 g/mol. The number of hydrogen-bond donors (Lipinski definition) is 8. The number of carbonyl (C=O) groups is 6. The van der Waals surface area contributed by atoms with Gasteiger partial charge in [0.25, 0.3) is 0 Å². The molecule has 78 heavy (non-hydrogen) atoms. The molecule has 4 aliphatic rings. The molecule has 4 heterocycles. The van der Waals surface area contributed by atoms with Crippen LogP contribution in [0.2, 0.25) is 0 Å². The fourth-order valence-corrected chi connectivity index (χ4v) is 13.9. The van der Waals surface area contributed by atoms with Gasteiger partial charge < -0.3 is 41.9 Å². The predicted octanol–water partition coefficient (Wildman–Crippen LogP) is 5.73. The van der Waals surface area contributed by atoms with Crippen LogP contribution in [-0.2, 0) is 45.3 Å². The molecule has 2 aromatic carbocycles. The minimum atomic E-state index is -3.42. The molecular weight excluding hydrogens is 1050 g/mol. The molecule has 6 rings (SSSR count). The van der Waals surface area contributed by atoms with Gasteiger partial charge in [0.05, 0.1) is 18.3 Å². The Bertz CT molecular complexity index is 2380. The molecule has 21 heteroatoms. The van der Waals surface area contributed by atoms with E-state index >= 15 is 0 Å². The molecule has 0 aliphatic carbocycles. The third kappa shape index (κ3) is 20.1. The standard InChI is InChI=1S/C57H89N9O9S3/c1-39-50(77-38-60-39)42-28-26-40(27-29-42)34-59-54(72)47-33-44(67)36-66(47)55(73)51(57(2,3)4)63-49(69)25-18-13-11-9-7-6-8-10-12-17-24-48(68)58-31-20-19-23-45(61-52(70)43-30-32-65(35-43)78(5,74)75)53(71)64-56-62-46(37-76-56)41-21-15-14-16-22-41/h14-16,21-22,26-29,39,43-47,50-51,56,60,62,67H,6-13,17-20,23-25,30-38H2,1-5H3,(H,58,68)(H,59,72)(H,61,70)(H,63,69)(H,64,71)/t39?,43?,44-,45+,46?,47+,50?,51-,56?/m1/s1. The van der Waals surface area contributed by atoms with Gasteiger partial charge in [-0.3, -0.25) is 34.1 Å². The summed E-state index contributed by atoms with van der Waals surface area (Å²) in [6.07, 6.45) is 13.1. The van der Waals surface area contributed by atoms with E-state index in [1.54, 1.807) is 11.8 Å². The minimum absolute atomic E-state index is 0.00000503. The summed E-state index contributed by atoms with van der Waals surface area (Å²) >= 11 is 3.47. The summed E-state index contributed by atoms with van der Waals surface area (Å²) in [5.74, 6) is -0.337. The number of unbranched alkanes of at least 4 members (excludes halogenated alkanes) is 10. The lowest BCUT2D eigenvalue weighted by Crippen LogP contribution is -2.57. The largest absolute Gasteiger partial charge is 0.391 e. The highest BCUT2D eigenvalue weighted by molar-refractivity contribution is 8.00. The summed E-state index contributed by atoms with van der Waals surface area (Å²) in [6, 6.07) is 16.2. The summed E-state index contributed by atoms with van der Waals surface area (Å²) in [5.41, 5.74) is 2.38. The van der Waals surface area contributed by atoms with Crippen LogP contribution in [0.3, 0.4) is 0 Å². The van der Waals surface area contributed by atoms with E-state index in [4.69, 9.17) is 0 Å². The van der Waals surface area contributed by atoms with E-state index < -0.39 is 45.6 Å². The lowest BCUT2D eigenvalue weighted by atomic mass is 9.85. The number of nitrogens with zero attached hydrogens (tertiary/aromatic N) is 2. The SMILES string of the molecule is CC1NCSC1c1ccc(CNC(=O)[C@@H]2C[C@@H](O)CN2C(=O)[C@@H](NC(=O)CCCCCCCCCCCCC(=O)NCCCC[C@H](NC(=O)C2CCN(S(C)(=O)=O)C2)C(=O)NC2NC(c3ccccc3)CS2)C(C)(C)C)cc1. The zero-order valence-electron chi connectivity index (χ0n) is 46.7. The maximum absolute atomic E-state index is 14.0. The number of nitrogens with one attached hydrogen (secondary N) is 7. The summed E-state index contributed by atoms with van der Waals surface area (Å²) in [5, 5.41) is 32.8. The van der Waals surface area contributed by atoms with Crippen LogP contribution in [0.1, 0.15) is 165 Å². The molecule has 9 atom stereocenters. The van der Waals surface area contributed by atoms with Gasteiger partial charge in [0.2, 0.25) is 45.5 Å². The van der Waals surface area contributed by atoms with Gasteiger partial charge in [-0.1, -0.05) is 127 Å². The number of carbonyl (C=O) groups excluding carboxylic acids is 6. The first kappa shape index (κ1) is 62.9. The van der Waals surface area contributed by atoms with Crippen molar-refractivity contribution in [3.05, 3.63) is 71.3 Å². The van der Waals surface area contributed by atoms with E-state index in [0.29, 0.717) is 69.3 Å². The quantitative estimate of drug-likeness (QED) is 0.0436. The summed E-state index contributed by atoms with van der Waals surface area (Å²) in [6.45, 7) is 9.03. The number of benzene rings is 2. The number of β-amino-alcohol motifs (C(OH)–C–C–N with tert-alkyl or cyclic N) is 1. The fraction of sp³-hybridized carbons (Fsp3) is 0.684. The number of aliphatic hydroxyl groups is 1. The van der Waals surface area contributed by atoms with Crippen LogP contribution >= 0.6 is 23.5 Å². The third-order valence-corrected chi connectivity index (χ3v) is 19.1. The molecule has 5 unspecified atom stereocenters. The van der Waals surface area contributed by atoms with E-state index in [0.717, 1.165) is 86.8 Å². The first-order chi connectivity index (χ1) is 37.3. The Balaban J connectivity index is 0.792. The number of sulfonamides is 1. The van der Waals surface area contributed by atoms with E-state index in [1.807, 2.05) is 75.0 Å². The Hall–Kier alpha value is -4.25. The second kappa shape index (κ2) is 31.1. The van der Waals surface area contributed by atoms with E-state index in [2.05, 4.69) is 56.3 Å². The Kier molecular flexibility index (Phi) is 25.1. The molecule has 2 aromatic rings. The second-order valence-electron chi connectivity index (χ2n) is 22.8. The fourth-order valence-electron chi connectivity index (χ4n) is 10.6. The smallest absolute Gasteiger partial charge is 0.246 e. The Labute approximate surface area is 472 Å². The summed E-state index contributed by atoms with van der Waals surface area (Å²) < 4.78 is 25.4. The summed E-state index contributed by atoms with van der Waals surface area (Å²) in [4.78, 5) is 81.7. The molecule has 0 bridgehead atoms. The van der Waals surface area contributed by atoms with Gasteiger partial charge in [-0.25, -0.2) is 12.7 Å². The molecule has 4 saturated heterocycles. The zero-order valence-corrected chi connectivity index (χ0v) is 49.1. The summed E-state index contributed by atoms with van der Waals surface area (Å²) in [7, 11) is -3.42. The molecule has 0 aromatic heterocycles. The van der Waals surface area contributed by atoms with Crippen molar-refractivity contribution in [1.29, 1.82) is 0 Å². The van der Waals surface area contributed by atoms with Crippen LogP contribution in [0.4, 0.5) is 0 Å². The van der Waals surface area contributed by atoms with Crippen molar-refractivity contribution < 1.29 is 42.3 Å². The number of likely N-dealkylation sites (tertiary alicyclic amines) is 1. The van der Waals surface area contributed by atoms with Crippen LogP contribution in [0, 0.1) is 11.3 Å². The number of amides is 6. The van der Waals surface area contributed by atoms with Crippen molar-refractivity contribution in [3.63, 3.8) is 0 Å². The average Bonchev–Trinajstić information content (AvgIpc) is 4.30. The van der Waals surface area contributed by atoms with Gasteiger partial charge in [-0.2, -0.15) is 0 Å². The molecule has 0 radical (unpaired) electrons. The van der Waals surface area contributed by atoms with Crippen molar-refractivity contribution in [3.8, 4) is 0 Å². The molecular formula is C57H89N9O9S3. The zero-order chi connectivity index (χ0) is 56.2. The maximum atomic E-state index is 14.0. The van der Waals surface area contributed by atoms with Crippen LogP contribution < -0.4 is 37.2 Å². The third-order valence-electron chi connectivity index (χ3n) is 15.4. The van der Waals surface area contributed by atoms with Gasteiger partial charge in [-0.15, -0.1) is 23.5 Å². The minimum Gasteiger partial charge on any atom is -0.391 e. The predicted molar refractivity (Wildman–Crippen MR) is 309 cm³/mol. The Morgan fingerprint density at radius 2 is 1.42 bits per heavy atom. The number of hydrogen-bond acceptors (Lipinski definition) is 13. The van der Waals surface area contributed by atoms with Gasteiger partial charge in [0.1, 0.15) is 23.6 Å². The van der Waals surface area contributed by atoms with Crippen LogP contribution in [0.15, 0.2) is 54.6 Å². The van der Waals surface area contributed by atoms with Crippen molar-refractivity contribution in [2.75, 3.05) is 44.1 Å². The molecule has 4 aliphatic heterocycles. The van der Waals surface area contributed by atoms with Gasteiger partial charge in [0.15, 0.2) is 0 Å². The maximum Gasteiger partial charge on any atom is 0.246 e. The van der Waals surface area contributed by atoms with Crippen LogP contribution in [-0.4, -0.2) is 138 Å². The number of thioether (sulfide) groups is 2. The van der Waals surface area contributed by atoms with Crippen molar-refractivity contribution in [2.45, 2.75) is 190 Å². The van der Waals surface area contributed by atoms with Crippen molar-refractivity contribution in [1.82, 2.24) is 46.4 Å². The highest BCUT2D eigenvalue weighted by atomic mass is 32.2. The first-order valence-corrected chi connectivity index (χ1v) is 32.5. The first-order valence-electron chi connectivity index (χ1n) is 28.5. The molecule has 4 fully saturated rings. The molecule has 18 nitrogen and oxygen atoms in total.